The van der Waals surface area contributed by atoms with Gasteiger partial charge in [0, 0.05) is 11.3 Å². The van der Waals surface area contributed by atoms with Crippen molar-refractivity contribution in [3.8, 4) is 0 Å². The molecule has 2 nitrogen and oxygen atoms in total. The second-order valence-electron chi connectivity index (χ2n) is 5.07. The second-order valence-corrected chi connectivity index (χ2v) is 6.49. The lowest BCUT2D eigenvalue weighted by molar-refractivity contribution is -0.116. The Bertz CT molecular complexity index is 695. The molecule has 0 fully saturated rings. The van der Waals surface area contributed by atoms with Gasteiger partial charge in [-0.05, 0) is 42.7 Å². The number of hydrogen-bond acceptors (Lipinski definition) is 2. The Morgan fingerprint density at radius 1 is 1.14 bits per heavy atom. The van der Waals surface area contributed by atoms with Gasteiger partial charge in [-0.25, -0.2) is 4.39 Å². The normalized spacial score (nSPS) is 12.1. The van der Waals surface area contributed by atoms with E-state index in [9.17, 15) is 13.4 Å². The fourth-order valence-corrected chi connectivity index (χ4v) is 3.38. The molecule has 4 heteroatoms. The summed E-state index contributed by atoms with van der Waals surface area (Å²) < 4.78 is 25.8. The van der Waals surface area contributed by atoms with Gasteiger partial charge < -0.3 is 0 Å². The number of ketones is 1. The molecule has 2 aromatic carbocycles. The molecule has 0 aliphatic heterocycles. The van der Waals surface area contributed by atoms with Crippen LogP contribution in [-0.4, -0.2) is 15.7 Å². The van der Waals surface area contributed by atoms with E-state index in [4.69, 9.17) is 0 Å². The summed E-state index contributed by atoms with van der Waals surface area (Å²) in [5.74, 6) is -0.707. The topological polar surface area (TPSA) is 34.1 Å². The zero-order valence-electron chi connectivity index (χ0n) is 12.1. The fourth-order valence-electron chi connectivity index (χ4n) is 2.08. The molecule has 21 heavy (non-hydrogen) atoms. The number of halogens is 1. The van der Waals surface area contributed by atoms with E-state index in [-0.39, 0.29) is 18.0 Å². The molecule has 2 aromatic rings. The minimum Gasteiger partial charge on any atom is -0.298 e. The predicted molar refractivity (Wildman–Crippen MR) is 82.3 cm³/mol. The Balaban J connectivity index is 2.08. The third kappa shape index (κ3) is 4.08. The molecular weight excluding hydrogens is 287 g/mol. The van der Waals surface area contributed by atoms with Crippen LogP contribution in [0.1, 0.15) is 16.7 Å². The van der Waals surface area contributed by atoms with Crippen molar-refractivity contribution in [3.05, 3.63) is 65.0 Å². The molecule has 0 aromatic heterocycles. The summed E-state index contributed by atoms with van der Waals surface area (Å²) in [5.41, 5.74) is 2.25. The SMILES string of the molecule is Cc1ccc(C)c(S(=O)CC(=O)Cc2ccccc2F)c1. The molecule has 0 aliphatic rings. The third-order valence-electron chi connectivity index (χ3n) is 3.23. The molecule has 1 atom stereocenters. The van der Waals surface area contributed by atoms with Crippen LogP contribution in [0.15, 0.2) is 47.4 Å². The van der Waals surface area contributed by atoms with Crippen LogP contribution in [0.2, 0.25) is 0 Å². The lowest BCUT2D eigenvalue weighted by atomic mass is 10.1. The van der Waals surface area contributed by atoms with E-state index in [1.165, 1.54) is 6.07 Å². The van der Waals surface area contributed by atoms with Gasteiger partial charge in [-0.2, -0.15) is 0 Å². The maximum Gasteiger partial charge on any atom is 0.150 e. The largest absolute Gasteiger partial charge is 0.298 e. The van der Waals surface area contributed by atoms with Crippen molar-refractivity contribution >= 4 is 16.6 Å². The molecule has 0 saturated heterocycles. The van der Waals surface area contributed by atoms with Crippen molar-refractivity contribution < 1.29 is 13.4 Å². The molecule has 2 rings (SSSR count). The van der Waals surface area contributed by atoms with Crippen molar-refractivity contribution in [1.82, 2.24) is 0 Å². The summed E-state index contributed by atoms with van der Waals surface area (Å²) in [7, 11) is -1.39. The molecule has 110 valence electrons. The number of rotatable bonds is 5. The summed E-state index contributed by atoms with van der Waals surface area (Å²) in [6, 6.07) is 11.8. The molecule has 0 aliphatic carbocycles. The smallest absolute Gasteiger partial charge is 0.150 e. The number of aryl methyl sites for hydroxylation is 2. The minimum atomic E-state index is -1.39. The fraction of sp³-hybridized carbons (Fsp3) is 0.235. The monoisotopic (exact) mass is 304 g/mol. The van der Waals surface area contributed by atoms with Gasteiger partial charge in [-0.3, -0.25) is 9.00 Å². The van der Waals surface area contributed by atoms with Gasteiger partial charge in [0.2, 0.25) is 0 Å². The van der Waals surface area contributed by atoms with Gasteiger partial charge in [-0.15, -0.1) is 0 Å². The molecular formula is C17H17FO2S. The van der Waals surface area contributed by atoms with Crippen molar-refractivity contribution in [3.63, 3.8) is 0 Å². The van der Waals surface area contributed by atoms with Crippen LogP contribution in [0.3, 0.4) is 0 Å². The molecule has 1 unspecified atom stereocenters. The van der Waals surface area contributed by atoms with E-state index in [2.05, 4.69) is 0 Å². The van der Waals surface area contributed by atoms with E-state index < -0.39 is 16.6 Å². The Morgan fingerprint density at radius 2 is 1.86 bits per heavy atom. The van der Waals surface area contributed by atoms with E-state index in [1.54, 1.807) is 18.2 Å². The zero-order chi connectivity index (χ0) is 15.4. The van der Waals surface area contributed by atoms with Crippen molar-refractivity contribution in [2.45, 2.75) is 25.2 Å². The lowest BCUT2D eigenvalue weighted by Crippen LogP contribution is -2.14. The Kier molecular flexibility index (Phi) is 5.02. The Morgan fingerprint density at radius 3 is 2.57 bits per heavy atom. The van der Waals surface area contributed by atoms with Gasteiger partial charge in [0.15, 0.2) is 0 Å². The predicted octanol–water partition coefficient (Wildman–Crippen LogP) is 3.36. The molecule has 0 saturated carbocycles. The number of carbonyl (C=O) groups excluding carboxylic acids is 1. The highest BCUT2D eigenvalue weighted by molar-refractivity contribution is 7.85. The molecule has 0 N–H and O–H groups in total. The van der Waals surface area contributed by atoms with Gasteiger partial charge in [0.1, 0.15) is 11.6 Å². The standard InChI is InChI=1S/C17H17FO2S/c1-12-7-8-13(2)17(9-12)21(20)11-15(19)10-14-5-3-4-6-16(14)18/h3-9H,10-11H2,1-2H3. The van der Waals surface area contributed by atoms with Crippen LogP contribution in [0.5, 0.6) is 0 Å². The van der Waals surface area contributed by atoms with Crippen LogP contribution >= 0.6 is 0 Å². The van der Waals surface area contributed by atoms with E-state index >= 15 is 0 Å². The highest BCUT2D eigenvalue weighted by Crippen LogP contribution is 2.16. The molecule has 0 spiro atoms. The number of carbonyl (C=O) groups is 1. The van der Waals surface area contributed by atoms with Gasteiger partial charge in [0.25, 0.3) is 0 Å². The Hall–Kier alpha value is -1.81. The first-order valence-electron chi connectivity index (χ1n) is 6.68. The first-order chi connectivity index (χ1) is 9.97. The van der Waals surface area contributed by atoms with Crippen LogP contribution in [-0.2, 0) is 22.0 Å². The van der Waals surface area contributed by atoms with Crippen molar-refractivity contribution in [1.29, 1.82) is 0 Å². The highest BCUT2D eigenvalue weighted by Gasteiger charge is 2.14. The van der Waals surface area contributed by atoms with Gasteiger partial charge in [0.05, 0.1) is 16.6 Å². The summed E-state index contributed by atoms with van der Waals surface area (Å²) in [5, 5.41) is 0. The van der Waals surface area contributed by atoms with Crippen LogP contribution < -0.4 is 0 Å². The second kappa shape index (κ2) is 6.76. The number of benzene rings is 2. The summed E-state index contributed by atoms with van der Waals surface area (Å²) in [6.45, 7) is 3.79. The first-order valence-corrected chi connectivity index (χ1v) is 8.00. The highest BCUT2D eigenvalue weighted by atomic mass is 32.2. The van der Waals surface area contributed by atoms with Crippen molar-refractivity contribution in [2.75, 3.05) is 5.75 Å². The number of Topliss-reactive ketones (excluding diaryl/α,β-unsaturated/α-hetero) is 1. The van der Waals surface area contributed by atoms with E-state index in [0.717, 1.165) is 11.1 Å². The maximum atomic E-state index is 13.5. The van der Waals surface area contributed by atoms with Crippen LogP contribution in [0.25, 0.3) is 0 Å². The van der Waals surface area contributed by atoms with E-state index in [0.29, 0.717) is 10.5 Å². The maximum absolute atomic E-state index is 13.5. The summed E-state index contributed by atoms with van der Waals surface area (Å²) >= 11 is 0. The third-order valence-corrected chi connectivity index (χ3v) is 4.74. The lowest BCUT2D eigenvalue weighted by Gasteiger charge is -2.07. The molecule has 0 bridgehead atoms. The zero-order valence-corrected chi connectivity index (χ0v) is 12.9. The number of hydrogen-bond donors (Lipinski definition) is 0. The first kappa shape index (κ1) is 15.6. The summed E-state index contributed by atoms with van der Waals surface area (Å²) in [4.78, 5) is 12.7. The average Bonchev–Trinajstić information content (AvgIpc) is 2.44. The molecule has 0 heterocycles. The minimum absolute atomic E-state index is 0.0245. The summed E-state index contributed by atoms with van der Waals surface area (Å²) in [6.07, 6.45) is -0.0245. The van der Waals surface area contributed by atoms with Crippen molar-refractivity contribution in [2.24, 2.45) is 0 Å². The van der Waals surface area contributed by atoms with Crippen LogP contribution in [0, 0.1) is 19.7 Å². The van der Waals surface area contributed by atoms with Crippen LogP contribution in [0.4, 0.5) is 4.39 Å². The van der Waals surface area contributed by atoms with Gasteiger partial charge >= 0.3 is 0 Å². The molecule has 0 amide bonds. The quantitative estimate of drug-likeness (QED) is 0.849. The van der Waals surface area contributed by atoms with E-state index in [1.807, 2.05) is 32.0 Å². The molecule has 0 radical (unpaired) electrons. The van der Waals surface area contributed by atoms with Gasteiger partial charge in [-0.1, -0.05) is 30.3 Å². The average molecular weight is 304 g/mol. The Labute approximate surface area is 126 Å².